The number of rotatable bonds is 3. The van der Waals surface area contributed by atoms with Gasteiger partial charge in [-0.1, -0.05) is 5.16 Å². The molecule has 1 aromatic rings. The molecule has 0 N–H and O–H groups in total. The number of ether oxygens (including phenoxy) is 2. The summed E-state index contributed by atoms with van der Waals surface area (Å²) in [6, 6.07) is 0. The number of hydrogen-bond acceptors (Lipinski definition) is 5. The van der Waals surface area contributed by atoms with Gasteiger partial charge in [0.25, 0.3) is 0 Å². The summed E-state index contributed by atoms with van der Waals surface area (Å²) in [5.41, 5.74) is 0.722. The van der Waals surface area contributed by atoms with Crippen molar-refractivity contribution in [3.05, 3.63) is 11.3 Å². The first-order valence-electron chi connectivity index (χ1n) is 3.88. The molecule has 5 nitrogen and oxygen atoms in total. The Bertz CT molecular complexity index is 305. The number of esters is 1. The van der Waals surface area contributed by atoms with Gasteiger partial charge in [-0.3, -0.25) is 0 Å². The van der Waals surface area contributed by atoms with Gasteiger partial charge in [0, 0.05) is 0 Å². The molecule has 0 fully saturated rings. The van der Waals surface area contributed by atoms with Crippen molar-refractivity contribution in [2.24, 2.45) is 0 Å². The largest absolute Gasteiger partial charge is 0.467 e. The summed E-state index contributed by atoms with van der Waals surface area (Å²) in [7, 11) is 1.45. The topological polar surface area (TPSA) is 61.6 Å². The molecule has 0 aliphatic carbocycles. The van der Waals surface area contributed by atoms with Gasteiger partial charge in [0.05, 0.1) is 19.3 Å². The predicted molar refractivity (Wildman–Crippen MR) is 43.7 cm³/mol. The van der Waals surface area contributed by atoms with Crippen LogP contribution in [0.15, 0.2) is 4.52 Å². The maximum absolute atomic E-state index is 11.2. The Morgan fingerprint density at radius 3 is 2.77 bits per heavy atom. The van der Waals surface area contributed by atoms with Crippen LogP contribution in [0.25, 0.3) is 0 Å². The molecule has 1 aromatic heterocycles. The monoisotopic (exact) mass is 185 g/mol. The predicted octanol–water partition coefficient (Wildman–Crippen LogP) is 1.17. The zero-order valence-electron chi connectivity index (χ0n) is 7.79. The molecule has 0 spiro atoms. The van der Waals surface area contributed by atoms with E-state index in [9.17, 15) is 4.79 Å². The van der Waals surface area contributed by atoms with E-state index >= 15 is 0 Å². The Hall–Kier alpha value is -1.52. The second-order valence-electron chi connectivity index (χ2n) is 2.37. The van der Waals surface area contributed by atoms with Gasteiger partial charge in [-0.2, -0.15) is 0 Å². The third-order valence-corrected chi connectivity index (χ3v) is 1.54. The van der Waals surface area contributed by atoms with Crippen LogP contribution < -0.4 is 4.74 Å². The fourth-order valence-corrected chi connectivity index (χ4v) is 0.901. The van der Waals surface area contributed by atoms with E-state index in [0.29, 0.717) is 12.2 Å². The third kappa shape index (κ3) is 1.80. The lowest BCUT2D eigenvalue weighted by Gasteiger charge is -1.97. The maximum Gasteiger partial charge on any atom is 0.360 e. The second-order valence-corrected chi connectivity index (χ2v) is 2.37. The van der Waals surface area contributed by atoms with Crippen LogP contribution in [0.3, 0.4) is 0 Å². The summed E-state index contributed by atoms with van der Waals surface area (Å²) < 4.78 is 14.3. The van der Waals surface area contributed by atoms with E-state index < -0.39 is 5.97 Å². The number of hydrogen-bond donors (Lipinski definition) is 0. The molecule has 0 saturated heterocycles. The smallest absolute Gasteiger partial charge is 0.360 e. The van der Waals surface area contributed by atoms with Crippen LogP contribution in [-0.4, -0.2) is 24.8 Å². The molecule has 0 saturated carbocycles. The molecule has 0 bridgehead atoms. The zero-order chi connectivity index (χ0) is 9.84. The first-order valence-corrected chi connectivity index (χ1v) is 3.88. The van der Waals surface area contributed by atoms with Crippen molar-refractivity contribution in [1.82, 2.24) is 5.16 Å². The van der Waals surface area contributed by atoms with Crippen molar-refractivity contribution < 1.29 is 18.8 Å². The molecule has 1 heterocycles. The van der Waals surface area contributed by atoms with Crippen molar-refractivity contribution in [3.63, 3.8) is 0 Å². The van der Waals surface area contributed by atoms with Crippen LogP contribution in [0.5, 0.6) is 5.95 Å². The van der Waals surface area contributed by atoms with Gasteiger partial charge in [0.15, 0.2) is 5.69 Å². The van der Waals surface area contributed by atoms with Crippen molar-refractivity contribution in [2.45, 2.75) is 13.8 Å². The molecule has 0 amide bonds. The second kappa shape index (κ2) is 3.93. The van der Waals surface area contributed by atoms with E-state index in [1.807, 2.05) is 0 Å². The van der Waals surface area contributed by atoms with Crippen molar-refractivity contribution in [3.8, 4) is 5.95 Å². The third-order valence-electron chi connectivity index (χ3n) is 1.54. The van der Waals surface area contributed by atoms with E-state index in [4.69, 9.17) is 14.0 Å². The van der Waals surface area contributed by atoms with E-state index in [0.717, 1.165) is 0 Å². The molecule has 13 heavy (non-hydrogen) atoms. The summed E-state index contributed by atoms with van der Waals surface area (Å²) in [6.07, 6.45) is 0. The lowest BCUT2D eigenvalue weighted by atomic mass is 10.3. The first-order chi connectivity index (χ1) is 6.20. The van der Waals surface area contributed by atoms with E-state index in [1.54, 1.807) is 13.8 Å². The van der Waals surface area contributed by atoms with Crippen LogP contribution in [-0.2, 0) is 4.74 Å². The molecule has 0 aliphatic rings. The van der Waals surface area contributed by atoms with E-state index in [2.05, 4.69) is 5.16 Å². The summed E-state index contributed by atoms with van der Waals surface area (Å²) in [6.45, 7) is 3.72. The summed E-state index contributed by atoms with van der Waals surface area (Å²) >= 11 is 0. The van der Waals surface area contributed by atoms with Crippen LogP contribution in [0.2, 0.25) is 0 Å². The lowest BCUT2D eigenvalue weighted by Crippen LogP contribution is -2.06. The highest BCUT2D eigenvalue weighted by molar-refractivity contribution is 5.89. The van der Waals surface area contributed by atoms with Gasteiger partial charge in [-0.25, -0.2) is 4.79 Å². The standard InChI is InChI=1S/C8H11NO4/c1-4-12-7(10)6-5(2)8(11-3)13-9-6/h4H2,1-3H3. The molecule has 72 valence electrons. The average Bonchev–Trinajstić information content (AvgIpc) is 2.47. The summed E-state index contributed by atoms with van der Waals surface area (Å²) in [5, 5.41) is 3.53. The highest BCUT2D eigenvalue weighted by atomic mass is 16.6. The number of carbonyl (C=O) groups is 1. The first kappa shape index (κ1) is 9.57. The van der Waals surface area contributed by atoms with Crippen molar-refractivity contribution >= 4 is 5.97 Å². The fraction of sp³-hybridized carbons (Fsp3) is 0.500. The molecule has 1 rings (SSSR count). The molecule has 0 unspecified atom stereocenters. The van der Waals surface area contributed by atoms with Gasteiger partial charge in [-0.15, -0.1) is 0 Å². The number of carbonyl (C=O) groups excluding carboxylic acids is 1. The minimum atomic E-state index is -0.493. The minimum absolute atomic E-state index is 0.165. The lowest BCUT2D eigenvalue weighted by molar-refractivity contribution is 0.0513. The minimum Gasteiger partial charge on any atom is -0.467 e. The number of methoxy groups -OCH3 is 1. The zero-order valence-corrected chi connectivity index (χ0v) is 7.79. The normalized spacial score (nSPS) is 9.77. The molecule has 5 heteroatoms. The molecule has 0 radical (unpaired) electrons. The Kier molecular flexibility index (Phi) is 2.89. The van der Waals surface area contributed by atoms with Crippen LogP contribution in [0.4, 0.5) is 0 Å². The van der Waals surface area contributed by atoms with Crippen molar-refractivity contribution in [1.29, 1.82) is 0 Å². The molecule has 0 atom stereocenters. The highest BCUT2D eigenvalue weighted by Gasteiger charge is 2.19. The van der Waals surface area contributed by atoms with Gasteiger partial charge in [0.1, 0.15) is 0 Å². The Balaban J connectivity index is 2.89. The summed E-state index contributed by atoms with van der Waals surface area (Å²) in [4.78, 5) is 11.2. The van der Waals surface area contributed by atoms with Crippen LogP contribution in [0, 0.1) is 6.92 Å². The average molecular weight is 185 g/mol. The SMILES string of the molecule is CCOC(=O)c1noc(OC)c1C. The van der Waals surface area contributed by atoms with E-state index in [-0.39, 0.29) is 11.6 Å². The van der Waals surface area contributed by atoms with Gasteiger partial charge >= 0.3 is 11.9 Å². The van der Waals surface area contributed by atoms with E-state index in [1.165, 1.54) is 7.11 Å². The molecular formula is C8H11NO4. The molecule has 0 aliphatic heterocycles. The molecular weight excluding hydrogens is 174 g/mol. The summed E-state index contributed by atoms with van der Waals surface area (Å²) in [5.74, 6) is -0.255. The Morgan fingerprint density at radius 2 is 2.31 bits per heavy atom. The maximum atomic E-state index is 11.2. The fourth-order valence-electron chi connectivity index (χ4n) is 0.901. The number of nitrogens with zero attached hydrogens (tertiary/aromatic N) is 1. The van der Waals surface area contributed by atoms with Gasteiger partial charge in [-0.05, 0) is 13.8 Å². The van der Waals surface area contributed by atoms with Gasteiger partial charge < -0.3 is 14.0 Å². The van der Waals surface area contributed by atoms with Crippen LogP contribution in [0.1, 0.15) is 23.0 Å². The van der Waals surface area contributed by atoms with Crippen LogP contribution >= 0.6 is 0 Å². The molecule has 0 aromatic carbocycles. The number of aromatic nitrogens is 1. The Morgan fingerprint density at radius 1 is 1.62 bits per heavy atom. The Labute approximate surface area is 75.6 Å². The van der Waals surface area contributed by atoms with Crippen molar-refractivity contribution in [2.75, 3.05) is 13.7 Å². The van der Waals surface area contributed by atoms with Gasteiger partial charge in [0.2, 0.25) is 0 Å². The highest BCUT2D eigenvalue weighted by Crippen LogP contribution is 2.20. The quantitative estimate of drug-likeness (QED) is 0.661.